The van der Waals surface area contributed by atoms with Crippen LogP contribution >= 0.6 is 11.8 Å². The first-order valence-electron chi connectivity index (χ1n) is 11.0. The van der Waals surface area contributed by atoms with Crippen LogP contribution < -0.4 is 10.6 Å². The number of nitrogens with one attached hydrogen (secondary N) is 2. The molecule has 2 rings (SSSR count). The Bertz CT molecular complexity index is 451. The van der Waals surface area contributed by atoms with Crippen LogP contribution in [0.25, 0.3) is 0 Å². The molecule has 0 bridgehead atoms. The normalized spacial score (nSPS) is 27.1. The van der Waals surface area contributed by atoms with Crippen molar-refractivity contribution < 1.29 is 19.0 Å². The Hall–Kier alpha value is -0.370. The van der Waals surface area contributed by atoms with Gasteiger partial charge in [-0.2, -0.15) is 0 Å². The zero-order valence-electron chi connectivity index (χ0n) is 17.5. The second-order valence-electron chi connectivity index (χ2n) is 8.33. The van der Waals surface area contributed by atoms with Crippen molar-refractivity contribution in [2.24, 2.45) is 11.8 Å². The Kier molecular flexibility index (Phi) is 11.1. The Balaban J connectivity index is 1.89. The van der Waals surface area contributed by atoms with Crippen LogP contribution in [0.4, 0.5) is 4.39 Å². The molecule has 28 heavy (non-hydrogen) atoms. The number of rotatable bonds is 11. The molecule has 5 atom stereocenters. The van der Waals surface area contributed by atoms with Gasteiger partial charge in [-0.1, -0.05) is 25.7 Å². The molecule has 164 valence electrons. The van der Waals surface area contributed by atoms with Crippen LogP contribution in [0.3, 0.4) is 0 Å². The van der Waals surface area contributed by atoms with E-state index in [1.807, 2.05) is 13.2 Å². The molecule has 3 N–H and O–H groups in total. The summed E-state index contributed by atoms with van der Waals surface area (Å²) in [5.41, 5.74) is -0.114. The second kappa shape index (κ2) is 13.0. The first kappa shape index (κ1) is 23.9. The number of amides is 1. The zero-order valence-corrected chi connectivity index (χ0v) is 18.3. The van der Waals surface area contributed by atoms with Crippen molar-refractivity contribution >= 4 is 17.7 Å². The van der Waals surface area contributed by atoms with Gasteiger partial charge in [-0.05, 0) is 70.1 Å². The molecule has 5 unspecified atom stereocenters. The van der Waals surface area contributed by atoms with Crippen molar-refractivity contribution in [1.82, 2.24) is 10.6 Å². The number of aliphatic hydroxyl groups excluding tert-OH is 1. The molecule has 1 saturated heterocycles. The van der Waals surface area contributed by atoms with E-state index in [9.17, 15) is 14.3 Å². The first-order valence-corrected chi connectivity index (χ1v) is 12.3. The van der Waals surface area contributed by atoms with Gasteiger partial charge in [0.2, 0.25) is 5.91 Å². The minimum atomic E-state index is -0.978. The number of ether oxygens (including phenoxy) is 1. The van der Waals surface area contributed by atoms with Gasteiger partial charge in [-0.25, -0.2) is 0 Å². The number of carbonyl (C=O) groups is 1. The zero-order chi connectivity index (χ0) is 20.4. The summed E-state index contributed by atoms with van der Waals surface area (Å²) < 4.78 is 18.0. The van der Waals surface area contributed by atoms with E-state index in [4.69, 9.17) is 4.74 Å². The highest BCUT2D eigenvalue weighted by Crippen LogP contribution is 2.30. The van der Waals surface area contributed by atoms with Crippen LogP contribution in [0.5, 0.6) is 0 Å². The molecule has 0 aromatic carbocycles. The van der Waals surface area contributed by atoms with Crippen LogP contribution in [-0.2, 0) is 9.53 Å². The fourth-order valence-electron chi connectivity index (χ4n) is 4.49. The summed E-state index contributed by atoms with van der Waals surface area (Å²) in [6.07, 6.45) is 10.7. The predicted molar refractivity (Wildman–Crippen MR) is 113 cm³/mol. The van der Waals surface area contributed by atoms with Crippen molar-refractivity contribution in [2.45, 2.75) is 94.9 Å². The molecule has 1 saturated carbocycles. The molecule has 5 nitrogen and oxygen atoms in total. The number of alkyl halides is 1. The van der Waals surface area contributed by atoms with Gasteiger partial charge in [0, 0.05) is 0 Å². The summed E-state index contributed by atoms with van der Waals surface area (Å²) in [5, 5.41) is 17.1. The van der Waals surface area contributed by atoms with Gasteiger partial charge in [0.1, 0.15) is 5.44 Å². The van der Waals surface area contributed by atoms with Gasteiger partial charge in [-0.15, -0.1) is 11.8 Å². The van der Waals surface area contributed by atoms with E-state index in [0.717, 1.165) is 64.3 Å². The van der Waals surface area contributed by atoms with Crippen LogP contribution in [0.2, 0.25) is 0 Å². The Morgan fingerprint density at radius 2 is 2.00 bits per heavy atom. The highest BCUT2D eigenvalue weighted by molar-refractivity contribution is 7.99. The minimum Gasteiger partial charge on any atom is -0.366 e. The number of unbranched alkanes of at least 4 members (excludes halogenated alkanes) is 1. The number of carbonyl (C=O) groups excluding carboxylic acids is 1. The molecule has 1 heterocycles. The van der Waals surface area contributed by atoms with E-state index in [1.54, 1.807) is 11.8 Å². The fourth-order valence-corrected chi connectivity index (χ4v) is 4.72. The number of thioether (sulfide) groups is 1. The van der Waals surface area contributed by atoms with Gasteiger partial charge in [0.25, 0.3) is 0 Å². The van der Waals surface area contributed by atoms with Crippen LogP contribution in [0.15, 0.2) is 0 Å². The maximum absolute atomic E-state index is 12.9. The third-order valence-corrected chi connectivity index (χ3v) is 7.08. The SMILES string of the molecule is CSC(C)OC(O)C(NC(=O)C1CCC(CCCCF)CCN1)C1CCCC1. The summed E-state index contributed by atoms with van der Waals surface area (Å²) in [7, 11) is 0. The summed E-state index contributed by atoms with van der Waals surface area (Å²) in [4.78, 5) is 12.9. The maximum atomic E-state index is 12.9. The molecular weight excluding hydrogens is 379 g/mol. The van der Waals surface area contributed by atoms with Crippen molar-refractivity contribution in [3.8, 4) is 0 Å². The fraction of sp³-hybridized carbons (Fsp3) is 0.952. The van der Waals surface area contributed by atoms with E-state index in [1.165, 1.54) is 0 Å². The lowest BCUT2D eigenvalue weighted by Gasteiger charge is -2.32. The van der Waals surface area contributed by atoms with Crippen LogP contribution in [-0.4, -0.2) is 54.3 Å². The van der Waals surface area contributed by atoms with Crippen LogP contribution in [0.1, 0.15) is 71.1 Å². The highest BCUT2D eigenvalue weighted by atomic mass is 32.2. The highest BCUT2D eigenvalue weighted by Gasteiger charge is 2.35. The van der Waals surface area contributed by atoms with E-state index in [-0.39, 0.29) is 36.0 Å². The molecule has 2 fully saturated rings. The van der Waals surface area contributed by atoms with Crippen molar-refractivity contribution in [3.05, 3.63) is 0 Å². The van der Waals surface area contributed by atoms with Crippen molar-refractivity contribution in [3.63, 3.8) is 0 Å². The summed E-state index contributed by atoms with van der Waals surface area (Å²) >= 11 is 1.54. The summed E-state index contributed by atoms with van der Waals surface area (Å²) in [6, 6.07) is -0.574. The van der Waals surface area contributed by atoms with E-state index in [0.29, 0.717) is 12.3 Å². The lowest BCUT2D eigenvalue weighted by atomic mass is 9.93. The minimum absolute atomic E-state index is 0.0271. The molecule has 7 heteroatoms. The lowest BCUT2D eigenvalue weighted by molar-refractivity contribution is -0.146. The number of aliphatic hydroxyl groups is 1. The van der Waals surface area contributed by atoms with E-state index in [2.05, 4.69) is 10.6 Å². The summed E-state index contributed by atoms with van der Waals surface area (Å²) in [5.74, 6) is 0.812. The third kappa shape index (κ3) is 7.81. The average molecular weight is 419 g/mol. The van der Waals surface area contributed by atoms with Crippen LogP contribution in [0, 0.1) is 11.8 Å². The summed E-state index contributed by atoms with van der Waals surface area (Å²) in [6.45, 7) is 2.49. The second-order valence-corrected chi connectivity index (χ2v) is 9.47. The monoisotopic (exact) mass is 418 g/mol. The molecule has 1 aliphatic heterocycles. The van der Waals surface area contributed by atoms with E-state index >= 15 is 0 Å². The van der Waals surface area contributed by atoms with E-state index < -0.39 is 6.29 Å². The third-order valence-electron chi connectivity index (χ3n) is 6.31. The smallest absolute Gasteiger partial charge is 0.237 e. The molecule has 0 radical (unpaired) electrons. The largest absolute Gasteiger partial charge is 0.366 e. The molecule has 0 aromatic heterocycles. The molecule has 0 spiro atoms. The molecule has 1 aliphatic carbocycles. The predicted octanol–water partition coefficient (Wildman–Crippen LogP) is 3.60. The standard InChI is InChI=1S/C21H39FN2O3S/c1-15(28-2)27-21(26)19(17-8-3-4-9-17)24-20(25)18-11-10-16(12-14-23-18)7-5-6-13-22/h15-19,21,23,26H,3-14H2,1-2H3,(H,24,25). The van der Waals surface area contributed by atoms with Gasteiger partial charge in [0.15, 0.2) is 6.29 Å². The van der Waals surface area contributed by atoms with Crippen molar-refractivity contribution in [1.29, 1.82) is 0 Å². The Morgan fingerprint density at radius 3 is 2.68 bits per heavy atom. The molecule has 1 amide bonds. The molecule has 2 aliphatic rings. The van der Waals surface area contributed by atoms with Gasteiger partial charge < -0.3 is 20.5 Å². The van der Waals surface area contributed by atoms with Gasteiger partial charge >= 0.3 is 0 Å². The maximum Gasteiger partial charge on any atom is 0.237 e. The Labute approximate surface area is 173 Å². The number of halogens is 1. The number of hydrogen-bond donors (Lipinski definition) is 3. The molecular formula is C21H39FN2O3S. The molecule has 0 aromatic rings. The lowest BCUT2D eigenvalue weighted by Crippen LogP contribution is -2.54. The topological polar surface area (TPSA) is 70.6 Å². The quantitative estimate of drug-likeness (QED) is 0.353. The van der Waals surface area contributed by atoms with Gasteiger partial charge in [-0.3, -0.25) is 9.18 Å². The van der Waals surface area contributed by atoms with Gasteiger partial charge in [0.05, 0.1) is 18.8 Å². The Morgan fingerprint density at radius 1 is 1.25 bits per heavy atom. The average Bonchev–Trinajstić information content (AvgIpc) is 3.11. The van der Waals surface area contributed by atoms with Crippen molar-refractivity contribution in [2.75, 3.05) is 19.5 Å². The first-order chi connectivity index (χ1) is 13.5. The number of hydrogen-bond acceptors (Lipinski definition) is 5.